The Hall–Kier alpha value is -6.80. The lowest BCUT2D eigenvalue weighted by molar-refractivity contribution is 0.0321. The van der Waals surface area contributed by atoms with Crippen molar-refractivity contribution < 1.29 is 18.9 Å². The summed E-state index contributed by atoms with van der Waals surface area (Å²) in [6, 6.07) is 68.1. The van der Waals surface area contributed by atoms with Gasteiger partial charge in [0.1, 0.15) is 24.7 Å². The van der Waals surface area contributed by atoms with Crippen LogP contribution in [0.25, 0.3) is 55.6 Å². The van der Waals surface area contributed by atoms with Gasteiger partial charge in [0.2, 0.25) is 0 Å². The van der Waals surface area contributed by atoms with Crippen LogP contribution in [-0.4, -0.2) is 88.7 Å². The Labute approximate surface area is 609 Å². The zero-order chi connectivity index (χ0) is 69.1. The van der Waals surface area contributed by atoms with Crippen molar-refractivity contribution in [3.8, 4) is 67.1 Å². The average molecular weight is 1350 g/mol. The van der Waals surface area contributed by atoms with Gasteiger partial charge in [-0.25, -0.2) is 0 Å². The first kappa shape index (κ1) is 72.5. The van der Waals surface area contributed by atoms with E-state index in [2.05, 4.69) is 207 Å². The average Bonchev–Trinajstić information content (AvgIpc) is 1.54. The lowest BCUT2D eigenvalue weighted by Gasteiger charge is -2.35. The topological polar surface area (TPSA) is 43.4 Å². The number of hydrogen-bond acceptors (Lipinski definition) is 6. The molecule has 0 amide bonds. The molecular formula is C95H120N2O4. The molecule has 8 aromatic carbocycles. The van der Waals surface area contributed by atoms with Crippen LogP contribution in [-0.2, 0) is 25.7 Å². The van der Waals surface area contributed by atoms with Crippen molar-refractivity contribution in [2.45, 2.75) is 224 Å². The van der Waals surface area contributed by atoms with Crippen LogP contribution >= 0.6 is 0 Å². The first-order chi connectivity index (χ1) is 49.9. The molecule has 2 fully saturated rings. The van der Waals surface area contributed by atoms with E-state index in [-0.39, 0.29) is 10.8 Å². The van der Waals surface area contributed by atoms with Crippen LogP contribution in [0.5, 0.6) is 11.5 Å². The Balaban J connectivity index is 0.965. The summed E-state index contributed by atoms with van der Waals surface area (Å²) in [5.74, 6) is 1.80. The van der Waals surface area contributed by atoms with Crippen LogP contribution in [0.2, 0.25) is 0 Å². The van der Waals surface area contributed by atoms with E-state index in [9.17, 15) is 0 Å². The maximum atomic E-state index is 6.68. The molecule has 0 atom stereocenters. The summed E-state index contributed by atoms with van der Waals surface area (Å²) in [6.45, 7) is 19.3. The third kappa shape index (κ3) is 16.0. The molecule has 0 N–H and O–H groups in total. The fraction of sp³-hybridized carbons (Fsp3) is 0.495. The molecule has 5 aliphatic rings. The zero-order valence-corrected chi connectivity index (χ0v) is 62.5. The van der Waals surface area contributed by atoms with E-state index in [0.29, 0.717) is 13.2 Å². The predicted molar refractivity (Wildman–Crippen MR) is 425 cm³/mol. The summed E-state index contributed by atoms with van der Waals surface area (Å²) < 4.78 is 24.8. The van der Waals surface area contributed by atoms with Crippen molar-refractivity contribution in [1.82, 2.24) is 9.80 Å². The standard InChI is InChI=1S/C95H120N2O4/c1-5-9-13-17-21-29-54-93(55-30-22-18-14-10-6-2)86-37-27-25-34-81(86)83-51-40-73(70-89(83)93)74-41-53-85-91(71-74)95(76-43-47-78(48-44-76)100-68-62-96-58-64-98-65-59-96,77-45-49-79(50-46-77)101-69-63-97-60-66-99-67-61-97)88-39-33-36-80(92(85)88)75-42-52-84-82-35-26-28-38-87(82)94(90(84)72-75,56-31-23-19-15-11-7-3)57-32-24-20-16-12-8-4/h25-28,33-53,70-72H,5-24,29-32,54-69H2,1-4H3. The van der Waals surface area contributed by atoms with Gasteiger partial charge in [0, 0.05) is 50.1 Å². The third-order valence-corrected chi connectivity index (χ3v) is 24.3. The van der Waals surface area contributed by atoms with E-state index in [4.69, 9.17) is 18.9 Å². The lowest BCUT2D eigenvalue weighted by Crippen LogP contribution is -2.38. The lowest BCUT2D eigenvalue weighted by atomic mass is 9.67. The predicted octanol–water partition coefficient (Wildman–Crippen LogP) is 24.3. The van der Waals surface area contributed by atoms with Crippen molar-refractivity contribution in [2.24, 2.45) is 0 Å². The van der Waals surface area contributed by atoms with Crippen LogP contribution in [0, 0.1) is 0 Å². The van der Waals surface area contributed by atoms with Gasteiger partial charge in [-0.2, -0.15) is 0 Å². The number of fused-ring (bicyclic) bond motifs is 9. The molecule has 2 aliphatic heterocycles. The minimum absolute atomic E-state index is 0.0286. The highest BCUT2D eigenvalue weighted by Crippen LogP contribution is 2.62. The highest BCUT2D eigenvalue weighted by Gasteiger charge is 2.49. The Morgan fingerprint density at radius 1 is 0.307 bits per heavy atom. The summed E-state index contributed by atoms with van der Waals surface area (Å²) in [6.07, 6.45) is 36.1. The summed E-state index contributed by atoms with van der Waals surface area (Å²) in [5, 5.41) is 0. The van der Waals surface area contributed by atoms with Crippen LogP contribution in [0.3, 0.4) is 0 Å². The maximum Gasteiger partial charge on any atom is 0.119 e. The molecule has 6 nitrogen and oxygen atoms in total. The summed E-state index contributed by atoms with van der Waals surface area (Å²) in [5.41, 5.74) is 24.1. The molecule has 0 aromatic heterocycles. The number of ether oxygens (including phenoxy) is 4. The van der Waals surface area contributed by atoms with Gasteiger partial charge in [0.15, 0.2) is 0 Å². The molecule has 0 spiro atoms. The molecular weight excluding hydrogens is 1230 g/mol. The third-order valence-electron chi connectivity index (χ3n) is 24.3. The van der Waals surface area contributed by atoms with Crippen molar-refractivity contribution >= 4 is 0 Å². The number of nitrogens with zero attached hydrogens (tertiary/aromatic N) is 2. The van der Waals surface area contributed by atoms with Gasteiger partial charge in [0.05, 0.1) is 31.8 Å². The number of rotatable bonds is 40. The van der Waals surface area contributed by atoms with E-state index in [0.717, 1.165) is 77.2 Å². The summed E-state index contributed by atoms with van der Waals surface area (Å²) in [4.78, 5) is 4.92. The minimum atomic E-state index is -0.714. The molecule has 2 heterocycles. The molecule has 8 aromatic rings. The van der Waals surface area contributed by atoms with E-state index < -0.39 is 5.41 Å². The zero-order valence-electron chi connectivity index (χ0n) is 62.5. The molecule has 2 saturated heterocycles. The highest BCUT2D eigenvalue weighted by atomic mass is 16.5. The van der Waals surface area contributed by atoms with Crippen LogP contribution in [0.4, 0.5) is 0 Å². The van der Waals surface area contributed by atoms with Gasteiger partial charge >= 0.3 is 0 Å². The fourth-order valence-electron chi connectivity index (χ4n) is 18.8. The van der Waals surface area contributed by atoms with E-state index in [1.165, 1.54) is 258 Å². The largest absolute Gasteiger partial charge is 0.492 e. The first-order valence-electron chi connectivity index (χ1n) is 40.8. The van der Waals surface area contributed by atoms with Crippen LogP contribution in [0.1, 0.15) is 252 Å². The molecule has 0 bridgehead atoms. The van der Waals surface area contributed by atoms with E-state index in [1.807, 2.05) is 0 Å². The molecule has 0 unspecified atom stereocenters. The van der Waals surface area contributed by atoms with Crippen LogP contribution < -0.4 is 9.47 Å². The number of unbranched alkanes of at least 4 members (excludes halogenated alkanes) is 20. The number of hydrogen-bond donors (Lipinski definition) is 0. The van der Waals surface area contributed by atoms with Gasteiger partial charge in [-0.3, -0.25) is 9.80 Å². The van der Waals surface area contributed by atoms with Crippen molar-refractivity contribution in [1.29, 1.82) is 0 Å². The van der Waals surface area contributed by atoms with Gasteiger partial charge in [0.25, 0.3) is 0 Å². The molecule has 3 aliphatic carbocycles. The number of morpholine rings is 2. The van der Waals surface area contributed by atoms with Crippen LogP contribution in [0.15, 0.2) is 170 Å². The second-order valence-corrected chi connectivity index (χ2v) is 30.7. The Morgan fingerprint density at radius 2 is 0.653 bits per heavy atom. The second kappa shape index (κ2) is 35.6. The molecule has 6 heteroatoms. The van der Waals surface area contributed by atoms with Gasteiger partial charge in [-0.15, -0.1) is 0 Å². The smallest absolute Gasteiger partial charge is 0.119 e. The molecule has 13 rings (SSSR count). The fourth-order valence-corrected chi connectivity index (χ4v) is 18.8. The molecule has 0 radical (unpaired) electrons. The second-order valence-electron chi connectivity index (χ2n) is 30.7. The van der Waals surface area contributed by atoms with Gasteiger partial charge in [-0.1, -0.05) is 309 Å². The number of benzene rings is 8. The minimum Gasteiger partial charge on any atom is -0.492 e. The summed E-state index contributed by atoms with van der Waals surface area (Å²) in [7, 11) is 0. The Bertz CT molecular complexity index is 3810. The SMILES string of the molecule is CCCCCCCCC1(CCCCCCCC)c2ccccc2-c2ccc(-c3ccc4c(c3)C(c3ccc(OCCN5CCOCC5)cc3)(c3ccc(OCCN5CCOCC5)cc3)c3cccc(-c5ccc6c(c5)C(CCCCCCCC)(CCCCCCCC)c5ccccc5-6)c3-4)cc21. The van der Waals surface area contributed by atoms with Crippen molar-refractivity contribution in [3.63, 3.8) is 0 Å². The molecule has 101 heavy (non-hydrogen) atoms. The summed E-state index contributed by atoms with van der Waals surface area (Å²) >= 11 is 0. The highest BCUT2D eigenvalue weighted by molar-refractivity contribution is 5.98. The van der Waals surface area contributed by atoms with Crippen molar-refractivity contribution in [2.75, 3.05) is 78.9 Å². The van der Waals surface area contributed by atoms with E-state index in [1.54, 1.807) is 22.3 Å². The Morgan fingerprint density at radius 3 is 1.09 bits per heavy atom. The molecule has 0 saturated carbocycles. The first-order valence-corrected chi connectivity index (χ1v) is 40.8. The normalized spacial score (nSPS) is 16.2. The van der Waals surface area contributed by atoms with Crippen molar-refractivity contribution in [3.05, 3.63) is 214 Å². The molecule has 534 valence electrons. The van der Waals surface area contributed by atoms with Gasteiger partial charge in [-0.05, 0) is 168 Å². The maximum absolute atomic E-state index is 6.68. The van der Waals surface area contributed by atoms with E-state index >= 15 is 0 Å². The monoisotopic (exact) mass is 1350 g/mol. The quantitative estimate of drug-likeness (QED) is 0.0357. The van der Waals surface area contributed by atoms with Gasteiger partial charge < -0.3 is 18.9 Å². The Kier molecular flexibility index (Phi) is 25.6.